The first-order valence-electron chi connectivity index (χ1n) is 15.2. The lowest BCUT2D eigenvalue weighted by molar-refractivity contribution is -0.149. The Morgan fingerprint density at radius 3 is 2.33 bits per heavy atom. The summed E-state index contributed by atoms with van der Waals surface area (Å²) < 4.78 is -0.716. The summed E-state index contributed by atoms with van der Waals surface area (Å²) in [5.41, 5.74) is 0.488. The normalized spacial score (nSPS) is 27.5. The molecule has 3 saturated heterocycles. The molecule has 3 aliphatic heterocycles. The maximum atomic E-state index is 14.8. The van der Waals surface area contributed by atoms with Gasteiger partial charge in [-0.25, -0.2) is 0 Å². The molecule has 42 heavy (non-hydrogen) atoms. The van der Waals surface area contributed by atoms with Crippen LogP contribution >= 0.6 is 11.8 Å². The molecule has 2 bridgehead atoms. The van der Waals surface area contributed by atoms with E-state index >= 15 is 0 Å². The zero-order valence-corrected chi connectivity index (χ0v) is 27.0. The molecule has 3 amide bonds. The molecule has 0 radical (unpaired) electrons. The van der Waals surface area contributed by atoms with Gasteiger partial charge in [0.2, 0.25) is 17.7 Å². The Morgan fingerprint density at radius 1 is 1.12 bits per heavy atom. The smallest absolute Gasteiger partial charge is 0.247 e. The molecular formula is C34H49N3O4S. The second kappa shape index (κ2) is 12.2. The van der Waals surface area contributed by atoms with Gasteiger partial charge in [-0.15, -0.1) is 24.9 Å². The Labute approximate surface area is 256 Å². The van der Waals surface area contributed by atoms with E-state index in [0.29, 0.717) is 26.1 Å². The van der Waals surface area contributed by atoms with Crippen molar-refractivity contribution in [3.8, 4) is 0 Å². The summed E-state index contributed by atoms with van der Waals surface area (Å²) >= 11 is 1.67. The number of carbonyl (C=O) groups excluding carboxylic acids is 3. The van der Waals surface area contributed by atoms with Crippen molar-refractivity contribution in [1.29, 1.82) is 0 Å². The Bertz CT molecular complexity index is 1190. The van der Waals surface area contributed by atoms with Crippen LogP contribution in [-0.2, 0) is 20.9 Å². The van der Waals surface area contributed by atoms with Crippen LogP contribution in [0.1, 0.15) is 66.4 Å². The standard InChI is InChI=1S/C34H49N3O4S/c1-9-18-35(20-24-14-12-11-13-15-24)29(39)26-25-16-17-34(42-25)27(26)30(40)37(23(3)21-38)28(34)31(41)36(19-10-2)33(7,8)22-32(4,5)6/h9-15,23,25-28,38H,1-2,16-22H2,3-8H3/t23-,25+,26-,27+,28?,34?/m1/s1. The van der Waals surface area contributed by atoms with E-state index in [1.54, 1.807) is 40.6 Å². The van der Waals surface area contributed by atoms with Crippen molar-refractivity contribution in [1.82, 2.24) is 14.7 Å². The molecule has 1 aromatic carbocycles. The van der Waals surface area contributed by atoms with Crippen molar-refractivity contribution in [3.05, 3.63) is 61.2 Å². The highest BCUT2D eigenvalue weighted by Gasteiger charge is 2.74. The third-order valence-electron chi connectivity index (χ3n) is 9.14. The van der Waals surface area contributed by atoms with Crippen molar-refractivity contribution in [2.24, 2.45) is 17.3 Å². The first-order valence-corrected chi connectivity index (χ1v) is 16.1. The predicted molar refractivity (Wildman–Crippen MR) is 170 cm³/mol. The van der Waals surface area contributed by atoms with Gasteiger partial charge in [-0.1, -0.05) is 63.3 Å². The van der Waals surface area contributed by atoms with E-state index in [4.69, 9.17) is 0 Å². The lowest BCUT2D eigenvalue weighted by Crippen LogP contribution is -2.61. The van der Waals surface area contributed by atoms with Crippen LogP contribution < -0.4 is 0 Å². The van der Waals surface area contributed by atoms with Gasteiger partial charge < -0.3 is 19.8 Å². The number of aliphatic hydroxyl groups is 1. The fraction of sp³-hybridized carbons (Fsp3) is 0.618. The number of likely N-dealkylation sites (tertiary alicyclic amines) is 1. The molecule has 2 unspecified atom stereocenters. The molecule has 0 aliphatic carbocycles. The summed E-state index contributed by atoms with van der Waals surface area (Å²) in [5.74, 6) is -1.50. The van der Waals surface area contributed by atoms with E-state index in [-0.39, 0.29) is 35.0 Å². The second-order valence-corrected chi connectivity index (χ2v) is 15.7. The van der Waals surface area contributed by atoms with Crippen LogP contribution in [0.25, 0.3) is 0 Å². The minimum Gasteiger partial charge on any atom is -0.394 e. The minimum absolute atomic E-state index is 0.0287. The number of aliphatic hydroxyl groups excluding tert-OH is 1. The van der Waals surface area contributed by atoms with Gasteiger partial charge in [-0.05, 0) is 51.0 Å². The quantitative estimate of drug-likeness (QED) is 0.348. The molecule has 1 spiro atoms. The van der Waals surface area contributed by atoms with Crippen LogP contribution in [0, 0.1) is 17.3 Å². The van der Waals surface area contributed by atoms with Crippen molar-refractivity contribution in [2.45, 2.75) is 95.0 Å². The number of hydrogen-bond acceptors (Lipinski definition) is 5. The van der Waals surface area contributed by atoms with Gasteiger partial charge in [0.05, 0.1) is 29.2 Å². The van der Waals surface area contributed by atoms with Gasteiger partial charge in [0.1, 0.15) is 6.04 Å². The molecule has 3 fully saturated rings. The first-order chi connectivity index (χ1) is 19.7. The van der Waals surface area contributed by atoms with Crippen LogP contribution in [-0.4, -0.2) is 84.8 Å². The molecule has 3 heterocycles. The van der Waals surface area contributed by atoms with Crippen molar-refractivity contribution in [2.75, 3.05) is 19.7 Å². The lowest BCUT2D eigenvalue weighted by Gasteiger charge is -2.46. The van der Waals surface area contributed by atoms with E-state index in [1.807, 2.05) is 35.2 Å². The van der Waals surface area contributed by atoms with Crippen molar-refractivity contribution >= 4 is 29.5 Å². The molecule has 4 rings (SSSR count). The van der Waals surface area contributed by atoms with E-state index in [2.05, 4.69) is 47.8 Å². The monoisotopic (exact) mass is 595 g/mol. The lowest BCUT2D eigenvalue weighted by atomic mass is 9.70. The van der Waals surface area contributed by atoms with E-state index in [0.717, 1.165) is 18.4 Å². The summed E-state index contributed by atoms with van der Waals surface area (Å²) in [6.07, 6.45) is 5.70. The Kier molecular flexibility index (Phi) is 9.39. The van der Waals surface area contributed by atoms with Crippen molar-refractivity contribution < 1.29 is 19.5 Å². The van der Waals surface area contributed by atoms with Gasteiger partial charge >= 0.3 is 0 Å². The number of amides is 3. The van der Waals surface area contributed by atoms with Crippen LogP contribution in [0.5, 0.6) is 0 Å². The molecule has 0 aromatic heterocycles. The fourth-order valence-corrected chi connectivity index (χ4v) is 10.1. The van der Waals surface area contributed by atoms with Crippen LogP contribution in [0.2, 0.25) is 0 Å². The van der Waals surface area contributed by atoms with E-state index in [9.17, 15) is 19.5 Å². The van der Waals surface area contributed by atoms with Crippen LogP contribution in [0.15, 0.2) is 55.6 Å². The number of hydrogen-bond donors (Lipinski definition) is 1. The zero-order valence-electron chi connectivity index (χ0n) is 26.2. The van der Waals surface area contributed by atoms with E-state index in [1.165, 1.54) is 0 Å². The second-order valence-electron chi connectivity index (χ2n) is 14.1. The maximum absolute atomic E-state index is 14.8. The maximum Gasteiger partial charge on any atom is 0.247 e. The summed E-state index contributed by atoms with van der Waals surface area (Å²) in [5, 5.41) is 10.2. The molecule has 1 aromatic rings. The number of fused-ring (bicyclic) bond motifs is 1. The molecule has 3 aliphatic rings. The Balaban J connectivity index is 1.75. The van der Waals surface area contributed by atoms with Crippen LogP contribution in [0.3, 0.4) is 0 Å². The molecule has 0 saturated carbocycles. The highest BCUT2D eigenvalue weighted by Crippen LogP contribution is 2.67. The van der Waals surface area contributed by atoms with Gasteiger partial charge in [0, 0.05) is 30.4 Å². The van der Waals surface area contributed by atoms with Gasteiger partial charge in [-0.2, -0.15) is 0 Å². The predicted octanol–water partition coefficient (Wildman–Crippen LogP) is 4.90. The molecule has 1 N–H and O–H groups in total. The third-order valence-corrected chi connectivity index (χ3v) is 11.1. The number of nitrogens with zero attached hydrogens (tertiary/aromatic N) is 3. The fourth-order valence-electron chi connectivity index (χ4n) is 7.92. The summed E-state index contributed by atoms with van der Waals surface area (Å²) in [6, 6.07) is 8.54. The number of thioether (sulfide) groups is 1. The molecular weight excluding hydrogens is 546 g/mol. The highest BCUT2D eigenvalue weighted by molar-refractivity contribution is 8.02. The largest absolute Gasteiger partial charge is 0.394 e. The highest BCUT2D eigenvalue weighted by atomic mass is 32.2. The number of carbonyl (C=O) groups is 3. The average molecular weight is 596 g/mol. The zero-order chi connectivity index (χ0) is 31.0. The van der Waals surface area contributed by atoms with Crippen LogP contribution in [0.4, 0.5) is 0 Å². The Morgan fingerprint density at radius 2 is 1.76 bits per heavy atom. The van der Waals surface area contributed by atoms with Crippen molar-refractivity contribution in [3.63, 3.8) is 0 Å². The first kappa shape index (κ1) is 32.3. The summed E-state index contributed by atoms with van der Waals surface area (Å²) in [6.45, 7) is 21.2. The number of rotatable bonds is 12. The van der Waals surface area contributed by atoms with Gasteiger partial charge in [0.15, 0.2) is 0 Å². The van der Waals surface area contributed by atoms with Gasteiger partial charge in [-0.3, -0.25) is 14.4 Å². The topological polar surface area (TPSA) is 81.2 Å². The van der Waals surface area contributed by atoms with Gasteiger partial charge in [0.25, 0.3) is 0 Å². The summed E-state index contributed by atoms with van der Waals surface area (Å²) in [4.78, 5) is 48.8. The SMILES string of the molecule is C=CCN(Cc1ccccc1)C(=O)[C@@H]1[C@@H]2CCC3(S2)C(C(=O)N(CC=C)C(C)(C)CC(C)(C)C)N([C@H](C)CO)C(=O)[C@H]13. The molecule has 7 nitrogen and oxygen atoms in total. The molecule has 6 atom stereocenters. The third kappa shape index (κ3) is 5.81. The summed E-state index contributed by atoms with van der Waals surface area (Å²) in [7, 11) is 0. The average Bonchev–Trinajstić information content (AvgIpc) is 3.56. The van der Waals surface area contributed by atoms with E-state index < -0.39 is 34.2 Å². The number of benzene rings is 1. The Hall–Kier alpha value is -2.58. The molecule has 8 heteroatoms. The molecule has 230 valence electrons. The minimum atomic E-state index is -0.758.